The molecular formula is C33H45N5O3Si. The molecule has 8 nitrogen and oxygen atoms in total. The fourth-order valence-corrected chi connectivity index (χ4v) is 10.7. The minimum Gasteiger partial charge on any atom is -0.444 e. The van der Waals surface area contributed by atoms with Crippen LogP contribution in [0.15, 0.2) is 66.9 Å². The van der Waals surface area contributed by atoms with Crippen LogP contribution in [0.3, 0.4) is 0 Å². The lowest BCUT2D eigenvalue weighted by molar-refractivity contribution is 0.0222. The minimum absolute atomic E-state index is 0.0706. The van der Waals surface area contributed by atoms with Crippen molar-refractivity contribution in [3.8, 4) is 0 Å². The van der Waals surface area contributed by atoms with Gasteiger partial charge in [0.05, 0.1) is 18.8 Å². The van der Waals surface area contributed by atoms with E-state index in [-0.39, 0.29) is 17.2 Å². The van der Waals surface area contributed by atoms with Crippen LogP contribution in [0.25, 0.3) is 0 Å². The normalized spacial score (nSPS) is 18.0. The molecule has 2 aliphatic heterocycles. The highest BCUT2D eigenvalue weighted by atomic mass is 28.4. The first-order chi connectivity index (χ1) is 20.0. The van der Waals surface area contributed by atoms with Crippen LogP contribution in [0.4, 0.5) is 10.7 Å². The summed E-state index contributed by atoms with van der Waals surface area (Å²) in [6.07, 6.45) is 2.28. The van der Waals surface area contributed by atoms with Crippen LogP contribution in [-0.4, -0.2) is 73.7 Å². The Kier molecular flexibility index (Phi) is 8.73. The number of rotatable bonds is 6. The van der Waals surface area contributed by atoms with Crippen LogP contribution < -0.4 is 20.6 Å². The number of nitrogens with zero attached hydrogens (tertiary/aromatic N) is 4. The van der Waals surface area contributed by atoms with Crippen molar-refractivity contribution in [3.63, 3.8) is 0 Å². The summed E-state index contributed by atoms with van der Waals surface area (Å²) < 4.78 is 12.8. The van der Waals surface area contributed by atoms with Crippen molar-refractivity contribution >= 4 is 30.7 Å². The maximum atomic E-state index is 12.6. The topological polar surface area (TPSA) is 79.8 Å². The van der Waals surface area contributed by atoms with Crippen LogP contribution in [0.5, 0.6) is 0 Å². The summed E-state index contributed by atoms with van der Waals surface area (Å²) in [4.78, 5) is 26.3. The second-order valence-electron chi connectivity index (χ2n) is 13.4. The molecule has 42 heavy (non-hydrogen) atoms. The summed E-state index contributed by atoms with van der Waals surface area (Å²) in [5.41, 5.74) is 1.48. The molecule has 0 spiro atoms. The Morgan fingerprint density at radius 2 is 1.62 bits per heavy atom. The average molecular weight is 588 g/mol. The number of nitrogens with one attached hydrogen (secondary N) is 1. The van der Waals surface area contributed by atoms with Gasteiger partial charge in [0.15, 0.2) is 0 Å². The van der Waals surface area contributed by atoms with Crippen LogP contribution >= 0.6 is 0 Å². The third-order valence-electron chi connectivity index (χ3n) is 8.03. The van der Waals surface area contributed by atoms with E-state index in [0.717, 1.165) is 36.8 Å². The van der Waals surface area contributed by atoms with Crippen LogP contribution in [0.2, 0.25) is 5.04 Å². The number of carbonyl (C=O) groups is 1. The van der Waals surface area contributed by atoms with Gasteiger partial charge in [0, 0.05) is 50.4 Å². The monoisotopic (exact) mass is 587 g/mol. The standard InChI is InChI=1S/C33H45N5O3Si/c1-32(2,3)41-31(39)38-19-17-29-25(22-38)21-35-30(36-29)37-20-18-34-26(23-37)24-40-42(33(4,5)6,27-13-9-7-10-14-27)28-15-11-8-12-16-28/h7-16,21,26,34H,17-20,22-24H2,1-6H3. The van der Waals surface area contributed by atoms with E-state index in [0.29, 0.717) is 26.1 Å². The van der Waals surface area contributed by atoms with Gasteiger partial charge in [0.25, 0.3) is 8.32 Å². The fraction of sp³-hybridized carbons (Fsp3) is 0.485. The number of carbonyl (C=O) groups excluding carboxylic acids is 1. The lowest BCUT2D eigenvalue weighted by Crippen LogP contribution is -2.68. The van der Waals surface area contributed by atoms with Gasteiger partial charge in [-0.2, -0.15) is 0 Å². The number of benzene rings is 2. The highest BCUT2D eigenvalue weighted by Crippen LogP contribution is 2.37. The molecule has 2 aromatic carbocycles. The maximum Gasteiger partial charge on any atom is 0.410 e. The SMILES string of the molecule is CC(C)(C)OC(=O)N1CCc2nc(N3CCNC(CO[Si](c4ccccc4)(c4ccccc4)C(C)(C)C)C3)ncc2C1. The van der Waals surface area contributed by atoms with Crippen LogP contribution in [0, 0.1) is 0 Å². The minimum atomic E-state index is -2.62. The lowest BCUT2D eigenvalue weighted by atomic mass is 10.1. The second-order valence-corrected chi connectivity index (χ2v) is 17.7. The molecule has 0 aliphatic carbocycles. The summed E-state index contributed by atoms with van der Waals surface area (Å²) in [6.45, 7) is 16.7. The molecule has 1 saturated heterocycles. The summed E-state index contributed by atoms with van der Waals surface area (Å²) >= 11 is 0. The molecule has 1 N–H and O–H groups in total. The number of amides is 1. The molecule has 1 amide bonds. The number of ether oxygens (including phenoxy) is 1. The van der Waals surface area contributed by atoms with Gasteiger partial charge < -0.3 is 24.3 Å². The third kappa shape index (κ3) is 6.53. The van der Waals surface area contributed by atoms with E-state index >= 15 is 0 Å². The van der Waals surface area contributed by atoms with Gasteiger partial charge in [-0.15, -0.1) is 0 Å². The molecular weight excluding hydrogens is 542 g/mol. The molecule has 0 radical (unpaired) electrons. The summed E-state index contributed by atoms with van der Waals surface area (Å²) in [7, 11) is -2.62. The predicted molar refractivity (Wildman–Crippen MR) is 170 cm³/mol. The van der Waals surface area contributed by atoms with Gasteiger partial charge >= 0.3 is 6.09 Å². The lowest BCUT2D eigenvalue weighted by Gasteiger charge is -2.44. The zero-order valence-electron chi connectivity index (χ0n) is 25.9. The van der Waals surface area contributed by atoms with E-state index in [1.54, 1.807) is 4.90 Å². The summed E-state index contributed by atoms with van der Waals surface area (Å²) in [6, 6.07) is 21.7. The molecule has 5 rings (SSSR count). The molecule has 224 valence electrons. The second kappa shape index (κ2) is 12.1. The van der Waals surface area contributed by atoms with Crippen molar-refractivity contribution in [3.05, 3.63) is 78.1 Å². The van der Waals surface area contributed by atoms with Crippen molar-refractivity contribution in [2.75, 3.05) is 37.7 Å². The van der Waals surface area contributed by atoms with E-state index in [2.05, 4.69) is 91.7 Å². The summed E-state index contributed by atoms with van der Waals surface area (Å²) in [5, 5.41) is 6.19. The smallest absolute Gasteiger partial charge is 0.410 e. The maximum absolute atomic E-state index is 12.6. The molecule has 3 aromatic rings. The molecule has 1 atom stereocenters. The average Bonchev–Trinajstić information content (AvgIpc) is 2.96. The molecule has 9 heteroatoms. The van der Waals surface area contributed by atoms with Gasteiger partial charge in [-0.25, -0.2) is 14.8 Å². The molecule has 0 saturated carbocycles. The third-order valence-corrected chi connectivity index (χ3v) is 13.0. The zero-order valence-corrected chi connectivity index (χ0v) is 26.9. The molecule has 1 fully saturated rings. The fourth-order valence-electron chi connectivity index (χ4n) is 6.05. The Hall–Kier alpha value is -3.27. The van der Waals surface area contributed by atoms with E-state index < -0.39 is 13.9 Å². The number of piperazine rings is 1. The van der Waals surface area contributed by atoms with E-state index in [1.807, 2.05) is 27.0 Å². The van der Waals surface area contributed by atoms with Crippen molar-refractivity contribution in [2.24, 2.45) is 0 Å². The number of hydrogen-bond acceptors (Lipinski definition) is 7. The Bertz CT molecular complexity index is 1320. The van der Waals surface area contributed by atoms with Gasteiger partial charge in [-0.1, -0.05) is 81.4 Å². The van der Waals surface area contributed by atoms with Gasteiger partial charge in [0.2, 0.25) is 5.95 Å². The predicted octanol–water partition coefficient (Wildman–Crippen LogP) is 4.12. The van der Waals surface area contributed by atoms with E-state index in [9.17, 15) is 4.79 Å². The highest BCUT2D eigenvalue weighted by molar-refractivity contribution is 6.99. The van der Waals surface area contributed by atoms with E-state index in [4.69, 9.17) is 19.1 Å². The number of anilines is 1. The largest absolute Gasteiger partial charge is 0.444 e. The number of fused-ring (bicyclic) bond motifs is 1. The van der Waals surface area contributed by atoms with Crippen LogP contribution in [-0.2, 0) is 22.1 Å². The van der Waals surface area contributed by atoms with E-state index in [1.165, 1.54) is 10.4 Å². The van der Waals surface area contributed by atoms with Crippen LogP contribution in [0.1, 0.15) is 52.8 Å². The first kappa shape index (κ1) is 30.2. The quantitative estimate of drug-likeness (QED) is 0.435. The Balaban J connectivity index is 1.31. The Morgan fingerprint density at radius 3 is 2.21 bits per heavy atom. The first-order valence-electron chi connectivity index (χ1n) is 15.0. The zero-order chi connectivity index (χ0) is 30.0. The van der Waals surface area contributed by atoms with Crippen molar-refractivity contribution in [2.45, 2.75) is 71.2 Å². The highest BCUT2D eigenvalue weighted by Gasteiger charge is 2.50. The Labute approximate surface area is 251 Å². The van der Waals surface area contributed by atoms with Gasteiger partial charge in [-0.3, -0.25) is 0 Å². The summed E-state index contributed by atoms with van der Waals surface area (Å²) in [5.74, 6) is 0.747. The van der Waals surface area contributed by atoms with Crippen molar-refractivity contribution < 1.29 is 14.0 Å². The van der Waals surface area contributed by atoms with Gasteiger partial charge in [0.1, 0.15) is 5.60 Å². The molecule has 1 unspecified atom stereocenters. The molecule has 2 aliphatic rings. The first-order valence-corrected chi connectivity index (χ1v) is 16.9. The molecule has 0 bridgehead atoms. The van der Waals surface area contributed by atoms with Crippen molar-refractivity contribution in [1.29, 1.82) is 0 Å². The molecule has 1 aromatic heterocycles. The molecule has 3 heterocycles. The van der Waals surface area contributed by atoms with Crippen molar-refractivity contribution in [1.82, 2.24) is 20.2 Å². The number of hydrogen-bond donors (Lipinski definition) is 1. The number of aromatic nitrogens is 2. The Morgan fingerprint density at radius 1 is 0.976 bits per heavy atom. The van der Waals surface area contributed by atoms with Gasteiger partial charge in [-0.05, 0) is 36.2 Å².